The Kier molecular flexibility index (Phi) is 4.01. The van der Waals surface area contributed by atoms with Gasteiger partial charge in [0.05, 0.1) is 5.69 Å². The average molecular weight is 324 g/mol. The minimum Gasteiger partial charge on any atom is -0.480 e. The molecule has 0 amide bonds. The van der Waals surface area contributed by atoms with Gasteiger partial charge in [0.15, 0.2) is 6.04 Å². The molecule has 0 fully saturated rings. The van der Waals surface area contributed by atoms with Gasteiger partial charge in [0.25, 0.3) is 0 Å². The number of nitrogens with zero attached hydrogens (tertiary/aromatic N) is 1. The molecule has 0 aliphatic heterocycles. The molecular weight excluding hydrogens is 310 g/mol. The van der Waals surface area contributed by atoms with Gasteiger partial charge in [-0.15, -0.1) is 0 Å². The van der Waals surface area contributed by atoms with Crippen molar-refractivity contribution in [3.05, 3.63) is 40.3 Å². The van der Waals surface area contributed by atoms with Crippen LogP contribution in [0.3, 0.4) is 0 Å². The van der Waals surface area contributed by atoms with Crippen molar-refractivity contribution in [3.63, 3.8) is 0 Å². The summed E-state index contributed by atoms with van der Waals surface area (Å²) in [6.07, 6.45) is 0. The van der Waals surface area contributed by atoms with Gasteiger partial charge in [0, 0.05) is 15.7 Å². The number of aryl methyl sites for hydroxylation is 1. The number of carboxylic acids is 1. The lowest BCUT2D eigenvalue weighted by Crippen LogP contribution is -2.26. The Bertz CT molecular complexity index is 610. The number of hydrogen-bond acceptors (Lipinski definition) is 3. The fraction of sp³-hybridized carbons (Fsp3) is 0.231. The van der Waals surface area contributed by atoms with E-state index in [1.807, 2.05) is 31.2 Å². The predicted octanol–water partition coefficient (Wildman–Crippen LogP) is 2.49. The van der Waals surface area contributed by atoms with Crippen molar-refractivity contribution in [2.45, 2.75) is 13.0 Å². The van der Waals surface area contributed by atoms with E-state index < -0.39 is 12.0 Å². The second-order valence-electron chi connectivity index (χ2n) is 4.14. The number of aliphatic carboxylic acids is 1. The standard InChI is InChI=1S/C13H14BrN3O2/c1-7-10(8-5-3-4-6-9(8)14)17-12(16-7)11(15-2)13(18)19/h3-6,11,15H,1-2H3,(H,16,17)(H,18,19). The van der Waals surface area contributed by atoms with Crippen molar-refractivity contribution in [1.29, 1.82) is 0 Å². The van der Waals surface area contributed by atoms with Crippen molar-refractivity contribution in [3.8, 4) is 11.3 Å². The number of benzene rings is 1. The highest BCUT2D eigenvalue weighted by Gasteiger charge is 2.23. The minimum absolute atomic E-state index is 0.401. The van der Waals surface area contributed by atoms with Crippen LogP contribution < -0.4 is 5.32 Å². The molecule has 1 unspecified atom stereocenters. The van der Waals surface area contributed by atoms with Crippen LogP contribution >= 0.6 is 15.9 Å². The fourth-order valence-corrected chi connectivity index (χ4v) is 2.39. The van der Waals surface area contributed by atoms with Crippen molar-refractivity contribution < 1.29 is 9.90 Å². The normalized spacial score (nSPS) is 12.4. The lowest BCUT2D eigenvalue weighted by atomic mass is 10.1. The van der Waals surface area contributed by atoms with Gasteiger partial charge < -0.3 is 15.4 Å². The maximum absolute atomic E-state index is 11.1. The van der Waals surface area contributed by atoms with Crippen molar-refractivity contribution in [2.75, 3.05) is 7.05 Å². The van der Waals surface area contributed by atoms with Gasteiger partial charge in [0.1, 0.15) is 5.82 Å². The summed E-state index contributed by atoms with van der Waals surface area (Å²) in [5.41, 5.74) is 2.52. The Morgan fingerprint density at radius 2 is 2.16 bits per heavy atom. The number of halogens is 1. The predicted molar refractivity (Wildman–Crippen MR) is 75.9 cm³/mol. The molecule has 3 N–H and O–H groups in total. The molecule has 1 aromatic carbocycles. The number of hydrogen-bond donors (Lipinski definition) is 3. The molecule has 0 aliphatic carbocycles. The van der Waals surface area contributed by atoms with Gasteiger partial charge in [-0.25, -0.2) is 4.98 Å². The summed E-state index contributed by atoms with van der Waals surface area (Å²) in [6, 6.07) is 6.86. The van der Waals surface area contributed by atoms with Crippen LogP contribution in [0.5, 0.6) is 0 Å². The summed E-state index contributed by atoms with van der Waals surface area (Å²) >= 11 is 3.47. The number of rotatable bonds is 4. The molecular formula is C13H14BrN3O2. The summed E-state index contributed by atoms with van der Waals surface area (Å²) in [6.45, 7) is 1.87. The molecule has 2 rings (SSSR count). The maximum atomic E-state index is 11.1. The van der Waals surface area contributed by atoms with Crippen molar-refractivity contribution in [2.24, 2.45) is 0 Å². The maximum Gasteiger partial charge on any atom is 0.328 e. The Labute approximate surface area is 119 Å². The van der Waals surface area contributed by atoms with Crippen LogP contribution in [-0.4, -0.2) is 28.1 Å². The fourth-order valence-electron chi connectivity index (χ4n) is 1.91. The van der Waals surface area contributed by atoms with E-state index >= 15 is 0 Å². The molecule has 19 heavy (non-hydrogen) atoms. The number of H-pyrrole nitrogens is 1. The number of carboxylic acid groups (broad SMARTS) is 1. The SMILES string of the molecule is CNC(C(=O)O)c1nc(-c2ccccc2Br)c(C)[nH]1. The second kappa shape index (κ2) is 5.54. The van der Waals surface area contributed by atoms with Crippen molar-refractivity contribution >= 4 is 21.9 Å². The van der Waals surface area contributed by atoms with E-state index in [0.29, 0.717) is 5.82 Å². The molecule has 1 heterocycles. The number of carbonyl (C=O) groups is 1. The van der Waals surface area contributed by atoms with Crippen molar-refractivity contribution in [1.82, 2.24) is 15.3 Å². The van der Waals surface area contributed by atoms with Gasteiger partial charge in [0.2, 0.25) is 0 Å². The highest BCUT2D eigenvalue weighted by Crippen LogP contribution is 2.29. The third-order valence-electron chi connectivity index (χ3n) is 2.84. The van der Waals surface area contributed by atoms with Crippen LogP contribution in [0.25, 0.3) is 11.3 Å². The van der Waals surface area contributed by atoms with Crippen LogP contribution in [0, 0.1) is 6.92 Å². The second-order valence-corrected chi connectivity index (χ2v) is 4.99. The van der Waals surface area contributed by atoms with Gasteiger partial charge in [-0.2, -0.15) is 0 Å². The lowest BCUT2D eigenvalue weighted by molar-refractivity contribution is -0.139. The molecule has 0 aliphatic rings. The van der Waals surface area contributed by atoms with E-state index in [9.17, 15) is 4.79 Å². The Balaban J connectivity index is 2.48. The zero-order valence-corrected chi connectivity index (χ0v) is 12.2. The molecule has 1 atom stereocenters. The lowest BCUT2D eigenvalue weighted by Gasteiger charge is -2.06. The van der Waals surface area contributed by atoms with E-state index in [1.165, 1.54) is 0 Å². The van der Waals surface area contributed by atoms with Crippen LogP contribution in [0.2, 0.25) is 0 Å². The zero-order chi connectivity index (χ0) is 14.0. The monoisotopic (exact) mass is 323 g/mol. The highest BCUT2D eigenvalue weighted by atomic mass is 79.9. The van der Waals surface area contributed by atoms with E-state index in [1.54, 1.807) is 7.05 Å². The Hall–Kier alpha value is -1.66. The number of imidazole rings is 1. The van der Waals surface area contributed by atoms with Gasteiger partial charge in [-0.3, -0.25) is 4.79 Å². The molecule has 0 saturated heterocycles. The molecule has 6 heteroatoms. The molecule has 5 nitrogen and oxygen atoms in total. The van der Waals surface area contributed by atoms with E-state index in [-0.39, 0.29) is 0 Å². The molecule has 1 aromatic heterocycles. The zero-order valence-electron chi connectivity index (χ0n) is 10.6. The van der Waals surface area contributed by atoms with Crippen LogP contribution in [-0.2, 0) is 4.79 Å². The number of aromatic nitrogens is 2. The van der Waals surface area contributed by atoms with Crippen LogP contribution in [0.4, 0.5) is 0 Å². The largest absolute Gasteiger partial charge is 0.480 e. The first kappa shape index (κ1) is 13.8. The topological polar surface area (TPSA) is 78.0 Å². The third-order valence-corrected chi connectivity index (χ3v) is 3.53. The molecule has 0 saturated carbocycles. The molecule has 0 spiro atoms. The third kappa shape index (κ3) is 2.69. The summed E-state index contributed by atoms with van der Waals surface area (Å²) in [5, 5.41) is 11.8. The summed E-state index contributed by atoms with van der Waals surface area (Å²) in [7, 11) is 1.59. The molecule has 0 bridgehead atoms. The first-order valence-corrected chi connectivity index (χ1v) is 6.55. The van der Waals surface area contributed by atoms with E-state index in [2.05, 4.69) is 31.2 Å². The smallest absolute Gasteiger partial charge is 0.328 e. The minimum atomic E-state index is -0.963. The first-order valence-electron chi connectivity index (χ1n) is 5.76. The van der Waals surface area contributed by atoms with E-state index in [0.717, 1.165) is 21.4 Å². The van der Waals surface area contributed by atoms with Gasteiger partial charge in [-0.05, 0) is 20.0 Å². The van der Waals surface area contributed by atoms with E-state index in [4.69, 9.17) is 5.11 Å². The summed E-state index contributed by atoms with van der Waals surface area (Å²) < 4.78 is 0.924. The number of likely N-dealkylation sites (N-methyl/N-ethyl adjacent to an activating group) is 1. The Morgan fingerprint density at radius 1 is 1.47 bits per heavy atom. The molecule has 2 aromatic rings. The first-order chi connectivity index (χ1) is 9.04. The van der Waals surface area contributed by atoms with Crippen LogP contribution in [0.1, 0.15) is 17.6 Å². The van der Waals surface area contributed by atoms with Crippen LogP contribution in [0.15, 0.2) is 28.7 Å². The van der Waals surface area contributed by atoms with Gasteiger partial charge >= 0.3 is 5.97 Å². The average Bonchev–Trinajstić information content (AvgIpc) is 2.72. The highest BCUT2D eigenvalue weighted by molar-refractivity contribution is 9.10. The summed E-state index contributed by atoms with van der Waals surface area (Å²) in [4.78, 5) is 18.6. The summed E-state index contributed by atoms with van der Waals surface area (Å²) in [5.74, 6) is -0.562. The number of aromatic amines is 1. The molecule has 0 radical (unpaired) electrons. The number of nitrogens with one attached hydrogen (secondary N) is 2. The van der Waals surface area contributed by atoms with Gasteiger partial charge in [-0.1, -0.05) is 34.1 Å². The molecule has 100 valence electrons. The quantitative estimate of drug-likeness (QED) is 0.807. The Morgan fingerprint density at radius 3 is 2.74 bits per heavy atom.